The van der Waals surface area contributed by atoms with Crippen LogP contribution >= 0.6 is 0 Å². The van der Waals surface area contributed by atoms with E-state index in [0.29, 0.717) is 25.3 Å². The fourth-order valence-corrected chi connectivity index (χ4v) is 1.85. The van der Waals surface area contributed by atoms with E-state index in [0.717, 1.165) is 5.56 Å². The van der Waals surface area contributed by atoms with Crippen molar-refractivity contribution in [1.82, 2.24) is 5.32 Å². The van der Waals surface area contributed by atoms with E-state index < -0.39 is 23.7 Å². The molecule has 7 nitrogen and oxygen atoms in total. The van der Waals surface area contributed by atoms with E-state index in [1.807, 2.05) is 12.1 Å². The minimum absolute atomic E-state index is 0.320. The van der Waals surface area contributed by atoms with Gasteiger partial charge in [-0.05, 0) is 44.9 Å². The van der Waals surface area contributed by atoms with Gasteiger partial charge >= 0.3 is 12.1 Å². The number of nitrogens with one attached hydrogen (secondary N) is 1. The van der Waals surface area contributed by atoms with Crippen LogP contribution in [-0.2, 0) is 20.7 Å². The van der Waals surface area contributed by atoms with Gasteiger partial charge in [0.05, 0.1) is 13.7 Å². The lowest BCUT2D eigenvalue weighted by atomic mass is 10.1. The molecule has 0 aliphatic heterocycles. The lowest BCUT2D eigenvalue weighted by molar-refractivity contribution is -0.142. The van der Waals surface area contributed by atoms with Crippen molar-refractivity contribution in [2.75, 3.05) is 20.3 Å². The lowest BCUT2D eigenvalue weighted by Gasteiger charge is -2.19. The molecule has 0 radical (unpaired) electrons. The van der Waals surface area contributed by atoms with Gasteiger partial charge in [0.25, 0.3) is 0 Å². The molecule has 0 saturated heterocycles. The zero-order valence-corrected chi connectivity index (χ0v) is 14.6. The second-order valence-corrected chi connectivity index (χ2v) is 6.25. The second-order valence-electron chi connectivity index (χ2n) is 6.25. The van der Waals surface area contributed by atoms with Gasteiger partial charge < -0.3 is 25.3 Å². The summed E-state index contributed by atoms with van der Waals surface area (Å²) < 4.78 is 15.2. The summed E-state index contributed by atoms with van der Waals surface area (Å²) >= 11 is 0. The van der Waals surface area contributed by atoms with Gasteiger partial charge in [-0.1, -0.05) is 12.1 Å². The number of hydrogen-bond acceptors (Lipinski definition) is 6. The highest BCUT2D eigenvalue weighted by molar-refractivity contribution is 5.75. The lowest BCUT2D eigenvalue weighted by Crippen LogP contribution is -2.34. The van der Waals surface area contributed by atoms with E-state index in [2.05, 4.69) is 10.1 Å². The molecule has 0 aliphatic rings. The maximum Gasteiger partial charge on any atom is 0.407 e. The first-order valence-corrected chi connectivity index (χ1v) is 7.73. The summed E-state index contributed by atoms with van der Waals surface area (Å²) in [4.78, 5) is 22.7. The van der Waals surface area contributed by atoms with Gasteiger partial charge in [-0.25, -0.2) is 4.79 Å². The minimum atomic E-state index is -0.681. The predicted octanol–water partition coefficient (Wildman–Crippen LogP) is 1.63. The molecular formula is C17H26N2O5. The van der Waals surface area contributed by atoms with Gasteiger partial charge in [-0.15, -0.1) is 0 Å². The first-order chi connectivity index (χ1) is 11.2. The Kier molecular flexibility index (Phi) is 7.51. The number of rotatable bonds is 7. The molecule has 134 valence electrons. The van der Waals surface area contributed by atoms with Crippen LogP contribution in [0.2, 0.25) is 0 Å². The van der Waals surface area contributed by atoms with E-state index in [4.69, 9.17) is 15.2 Å². The van der Waals surface area contributed by atoms with Gasteiger partial charge in [0.1, 0.15) is 24.0 Å². The standard InChI is InChI=1S/C17H26N2O5/c1-17(2,3)24-16(21)19-9-10-23-13-7-5-12(6-8-13)11-14(18)15(20)22-4/h5-8,14H,9-11,18H2,1-4H3,(H,19,21). The Balaban J connectivity index is 2.32. The first kappa shape index (κ1) is 19.8. The molecule has 1 aromatic carbocycles. The topological polar surface area (TPSA) is 99.9 Å². The molecule has 0 spiro atoms. The number of methoxy groups -OCH3 is 1. The van der Waals surface area contributed by atoms with Crippen molar-refractivity contribution in [3.8, 4) is 5.75 Å². The Bertz CT molecular complexity index is 537. The van der Waals surface area contributed by atoms with Gasteiger partial charge in [0.2, 0.25) is 0 Å². The molecule has 0 bridgehead atoms. The highest BCUT2D eigenvalue weighted by atomic mass is 16.6. The van der Waals surface area contributed by atoms with Crippen molar-refractivity contribution >= 4 is 12.1 Å². The zero-order chi connectivity index (χ0) is 18.2. The van der Waals surface area contributed by atoms with Crippen LogP contribution in [0.4, 0.5) is 4.79 Å². The van der Waals surface area contributed by atoms with Gasteiger partial charge in [0.15, 0.2) is 0 Å². The fourth-order valence-electron chi connectivity index (χ4n) is 1.85. The Morgan fingerprint density at radius 3 is 2.38 bits per heavy atom. The monoisotopic (exact) mass is 338 g/mol. The van der Waals surface area contributed by atoms with Crippen LogP contribution in [0.15, 0.2) is 24.3 Å². The molecule has 7 heteroatoms. The molecule has 1 amide bonds. The molecule has 0 fully saturated rings. The molecule has 24 heavy (non-hydrogen) atoms. The third-order valence-corrected chi connectivity index (χ3v) is 2.92. The summed E-state index contributed by atoms with van der Waals surface area (Å²) in [6.45, 7) is 6.06. The van der Waals surface area contributed by atoms with E-state index in [1.54, 1.807) is 32.9 Å². The number of carbonyl (C=O) groups is 2. The molecule has 1 unspecified atom stereocenters. The molecule has 1 aromatic rings. The number of esters is 1. The largest absolute Gasteiger partial charge is 0.492 e. The van der Waals surface area contributed by atoms with E-state index in [-0.39, 0.29) is 0 Å². The van der Waals surface area contributed by atoms with Crippen molar-refractivity contribution in [1.29, 1.82) is 0 Å². The summed E-state index contributed by atoms with van der Waals surface area (Å²) in [6, 6.07) is 6.55. The van der Waals surface area contributed by atoms with E-state index >= 15 is 0 Å². The smallest absolute Gasteiger partial charge is 0.407 e. The molecule has 0 aliphatic carbocycles. The van der Waals surface area contributed by atoms with Crippen LogP contribution in [-0.4, -0.2) is 44.0 Å². The normalized spacial score (nSPS) is 12.2. The maximum atomic E-state index is 11.5. The van der Waals surface area contributed by atoms with Crippen molar-refractivity contribution in [3.05, 3.63) is 29.8 Å². The van der Waals surface area contributed by atoms with Crippen molar-refractivity contribution in [2.45, 2.75) is 38.8 Å². The number of nitrogens with two attached hydrogens (primary N) is 1. The van der Waals surface area contributed by atoms with Crippen LogP contribution in [0.5, 0.6) is 5.75 Å². The molecular weight excluding hydrogens is 312 g/mol. The van der Waals surface area contributed by atoms with Gasteiger partial charge in [0, 0.05) is 0 Å². The SMILES string of the molecule is COC(=O)C(N)Cc1ccc(OCCNC(=O)OC(C)(C)C)cc1. The Morgan fingerprint density at radius 2 is 1.83 bits per heavy atom. The Hall–Kier alpha value is -2.28. The van der Waals surface area contributed by atoms with Crippen LogP contribution in [0, 0.1) is 0 Å². The molecule has 3 N–H and O–H groups in total. The molecule has 0 saturated carbocycles. The quantitative estimate of drug-likeness (QED) is 0.579. The van der Waals surface area contributed by atoms with Crippen molar-refractivity contribution in [3.63, 3.8) is 0 Å². The zero-order valence-electron chi connectivity index (χ0n) is 14.6. The summed E-state index contributed by atoms with van der Waals surface area (Å²) in [5, 5.41) is 2.61. The van der Waals surface area contributed by atoms with Gasteiger partial charge in [-0.3, -0.25) is 4.79 Å². The molecule has 0 aromatic heterocycles. The number of ether oxygens (including phenoxy) is 3. The van der Waals surface area contributed by atoms with Crippen LogP contribution in [0.1, 0.15) is 26.3 Å². The van der Waals surface area contributed by atoms with Gasteiger partial charge in [-0.2, -0.15) is 0 Å². The summed E-state index contributed by atoms with van der Waals surface area (Å²) in [5.74, 6) is 0.222. The third kappa shape index (κ3) is 7.82. The molecule has 1 atom stereocenters. The molecule has 0 heterocycles. The third-order valence-electron chi connectivity index (χ3n) is 2.92. The second kappa shape index (κ2) is 9.12. The maximum absolute atomic E-state index is 11.5. The number of alkyl carbamates (subject to hydrolysis) is 1. The Morgan fingerprint density at radius 1 is 1.21 bits per heavy atom. The average Bonchev–Trinajstić information content (AvgIpc) is 2.50. The Labute approximate surface area is 142 Å². The number of amides is 1. The average molecular weight is 338 g/mol. The fraction of sp³-hybridized carbons (Fsp3) is 0.529. The number of benzene rings is 1. The number of hydrogen-bond donors (Lipinski definition) is 2. The summed E-state index contributed by atoms with van der Waals surface area (Å²) in [7, 11) is 1.31. The number of carbonyl (C=O) groups excluding carboxylic acids is 2. The van der Waals surface area contributed by atoms with Crippen molar-refractivity contribution in [2.24, 2.45) is 5.73 Å². The summed E-state index contributed by atoms with van der Waals surface area (Å²) in [6.07, 6.45) is -0.0779. The van der Waals surface area contributed by atoms with E-state index in [1.165, 1.54) is 7.11 Å². The highest BCUT2D eigenvalue weighted by Gasteiger charge is 2.15. The first-order valence-electron chi connectivity index (χ1n) is 7.73. The van der Waals surface area contributed by atoms with Crippen LogP contribution < -0.4 is 15.8 Å². The van der Waals surface area contributed by atoms with E-state index in [9.17, 15) is 9.59 Å². The summed E-state index contributed by atoms with van der Waals surface area (Å²) in [5.41, 5.74) is 6.10. The van der Waals surface area contributed by atoms with Crippen LogP contribution in [0.3, 0.4) is 0 Å². The minimum Gasteiger partial charge on any atom is -0.492 e. The van der Waals surface area contributed by atoms with Crippen molar-refractivity contribution < 1.29 is 23.8 Å². The highest BCUT2D eigenvalue weighted by Crippen LogP contribution is 2.13. The predicted molar refractivity (Wildman–Crippen MR) is 89.9 cm³/mol. The van der Waals surface area contributed by atoms with Crippen LogP contribution in [0.25, 0.3) is 0 Å². The molecule has 1 rings (SSSR count).